The number of nitro groups is 1. The number of esters is 1. The summed E-state index contributed by atoms with van der Waals surface area (Å²) >= 11 is 1.27. The maximum atomic E-state index is 13.9. The van der Waals surface area contributed by atoms with E-state index >= 15 is 0 Å². The van der Waals surface area contributed by atoms with Gasteiger partial charge < -0.3 is 9.30 Å². The predicted molar refractivity (Wildman–Crippen MR) is 153 cm³/mol. The van der Waals surface area contributed by atoms with Crippen molar-refractivity contribution in [2.75, 3.05) is 6.61 Å². The van der Waals surface area contributed by atoms with Gasteiger partial charge in [-0.3, -0.25) is 19.5 Å². The molecule has 40 heavy (non-hydrogen) atoms. The number of aryl methyl sites for hydroxylation is 2. The number of thiazole rings is 1. The van der Waals surface area contributed by atoms with E-state index in [1.54, 1.807) is 30.5 Å². The minimum Gasteiger partial charge on any atom is -0.463 e. The van der Waals surface area contributed by atoms with Gasteiger partial charge in [0.05, 0.1) is 33.4 Å². The topological polar surface area (TPSA) is 109 Å². The van der Waals surface area contributed by atoms with Crippen molar-refractivity contribution in [3.05, 3.63) is 124 Å². The van der Waals surface area contributed by atoms with E-state index in [9.17, 15) is 19.7 Å². The number of benzene rings is 2. The van der Waals surface area contributed by atoms with Gasteiger partial charge in [0.15, 0.2) is 4.80 Å². The van der Waals surface area contributed by atoms with Gasteiger partial charge in [-0.25, -0.2) is 9.79 Å². The Hall–Kier alpha value is -4.57. The second-order valence-corrected chi connectivity index (χ2v) is 10.7. The highest BCUT2D eigenvalue weighted by Gasteiger charge is 2.33. The fourth-order valence-electron chi connectivity index (χ4n) is 5.05. The first kappa shape index (κ1) is 27.0. The second kappa shape index (κ2) is 10.5. The summed E-state index contributed by atoms with van der Waals surface area (Å²) in [6, 6.07) is 15.4. The highest BCUT2D eigenvalue weighted by atomic mass is 32.1. The summed E-state index contributed by atoms with van der Waals surface area (Å²) in [4.78, 5) is 42.8. The van der Waals surface area contributed by atoms with Gasteiger partial charge in [-0.2, -0.15) is 0 Å². The fourth-order valence-corrected chi connectivity index (χ4v) is 6.09. The summed E-state index contributed by atoms with van der Waals surface area (Å²) in [6.07, 6.45) is 1.84. The van der Waals surface area contributed by atoms with Crippen LogP contribution in [0.4, 0.5) is 5.69 Å². The van der Waals surface area contributed by atoms with Crippen molar-refractivity contribution < 1.29 is 14.5 Å². The molecule has 0 N–H and O–H groups in total. The number of nitro benzene ring substituents is 1. The Balaban J connectivity index is 1.66. The quantitative estimate of drug-likeness (QED) is 0.198. The molecule has 1 atom stereocenters. The summed E-state index contributed by atoms with van der Waals surface area (Å²) in [5.74, 6) is -0.491. The molecule has 2 aromatic carbocycles. The molecule has 1 aliphatic heterocycles. The van der Waals surface area contributed by atoms with Crippen LogP contribution in [0, 0.1) is 30.9 Å². The molecule has 0 unspecified atom stereocenters. The Kier molecular flexibility index (Phi) is 7.12. The molecule has 0 saturated heterocycles. The largest absolute Gasteiger partial charge is 0.463 e. The average molecular weight is 557 g/mol. The highest BCUT2D eigenvalue weighted by Crippen LogP contribution is 2.31. The van der Waals surface area contributed by atoms with Crippen LogP contribution >= 0.6 is 11.3 Å². The van der Waals surface area contributed by atoms with Gasteiger partial charge in [0.25, 0.3) is 11.2 Å². The van der Waals surface area contributed by atoms with Crippen LogP contribution in [0.1, 0.15) is 48.0 Å². The zero-order valence-corrected chi connectivity index (χ0v) is 23.6. The zero-order chi connectivity index (χ0) is 28.7. The summed E-state index contributed by atoms with van der Waals surface area (Å²) in [6.45, 7) is 9.59. The Bertz CT molecular complexity index is 1860. The molecule has 0 radical (unpaired) electrons. The van der Waals surface area contributed by atoms with Crippen LogP contribution in [-0.2, 0) is 9.53 Å². The van der Waals surface area contributed by atoms with Gasteiger partial charge in [-0.05, 0) is 70.0 Å². The van der Waals surface area contributed by atoms with E-state index < -0.39 is 16.9 Å². The molecule has 0 bridgehead atoms. The molecule has 0 amide bonds. The number of carbonyl (C=O) groups is 1. The zero-order valence-electron chi connectivity index (χ0n) is 22.8. The lowest BCUT2D eigenvalue weighted by Gasteiger charge is -2.24. The van der Waals surface area contributed by atoms with E-state index in [1.807, 2.05) is 61.7 Å². The van der Waals surface area contributed by atoms with E-state index in [-0.39, 0.29) is 17.9 Å². The molecule has 1 aliphatic rings. The Morgan fingerprint density at radius 2 is 1.77 bits per heavy atom. The third-order valence-corrected chi connectivity index (χ3v) is 7.97. The number of fused-ring (bicyclic) bond motifs is 1. The summed E-state index contributed by atoms with van der Waals surface area (Å²) in [7, 11) is 0. The molecule has 0 saturated carbocycles. The minimum atomic E-state index is -0.661. The summed E-state index contributed by atoms with van der Waals surface area (Å²) in [5.41, 5.74) is 5.94. The van der Waals surface area contributed by atoms with Crippen molar-refractivity contribution >= 4 is 29.1 Å². The third-order valence-electron chi connectivity index (χ3n) is 6.99. The van der Waals surface area contributed by atoms with Crippen LogP contribution in [0.15, 0.2) is 75.7 Å². The number of allylic oxidation sites excluding steroid dienone is 1. The molecule has 0 fully saturated rings. The van der Waals surface area contributed by atoms with Crippen LogP contribution in [-0.4, -0.2) is 26.6 Å². The van der Waals surface area contributed by atoms with Crippen molar-refractivity contribution in [2.24, 2.45) is 4.99 Å². The first-order valence-corrected chi connectivity index (χ1v) is 13.6. The lowest BCUT2D eigenvalue weighted by atomic mass is 9.95. The second-order valence-electron chi connectivity index (χ2n) is 9.65. The molecule has 2 aromatic heterocycles. The molecule has 9 nitrogen and oxygen atoms in total. The lowest BCUT2D eigenvalue weighted by Crippen LogP contribution is -2.39. The smallest absolute Gasteiger partial charge is 0.338 e. The normalized spacial score (nSPS) is 15.1. The number of non-ortho nitro benzene ring substituents is 1. The maximum absolute atomic E-state index is 13.9. The first-order valence-electron chi connectivity index (χ1n) is 12.8. The van der Waals surface area contributed by atoms with E-state index in [0.717, 1.165) is 33.8 Å². The Labute approximate surface area is 234 Å². The maximum Gasteiger partial charge on any atom is 0.338 e. The molecular formula is C30H28N4O5S. The number of hydrogen-bond donors (Lipinski definition) is 0. The van der Waals surface area contributed by atoms with Crippen LogP contribution in [0.3, 0.4) is 0 Å². The van der Waals surface area contributed by atoms with E-state index in [4.69, 9.17) is 4.74 Å². The van der Waals surface area contributed by atoms with Gasteiger partial charge in [0, 0.05) is 29.2 Å². The van der Waals surface area contributed by atoms with Gasteiger partial charge in [0.1, 0.15) is 0 Å². The van der Waals surface area contributed by atoms with E-state index in [1.165, 1.54) is 23.5 Å². The fraction of sp³-hybridized carbons (Fsp3) is 0.233. The average Bonchev–Trinajstić information content (AvgIpc) is 3.37. The van der Waals surface area contributed by atoms with Crippen molar-refractivity contribution in [3.63, 3.8) is 0 Å². The van der Waals surface area contributed by atoms with Crippen LogP contribution in [0.2, 0.25) is 0 Å². The lowest BCUT2D eigenvalue weighted by molar-refractivity contribution is -0.384. The molecule has 4 aromatic rings. The highest BCUT2D eigenvalue weighted by molar-refractivity contribution is 7.07. The summed E-state index contributed by atoms with van der Waals surface area (Å²) < 4.78 is 9.42. The molecular weight excluding hydrogens is 528 g/mol. The van der Waals surface area contributed by atoms with E-state index in [2.05, 4.69) is 4.99 Å². The molecule has 5 rings (SSSR count). The Morgan fingerprint density at radius 3 is 2.40 bits per heavy atom. The minimum absolute atomic E-state index is 0.0214. The van der Waals surface area contributed by atoms with Crippen LogP contribution in [0.5, 0.6) is 0 Å². The number of ether oxygens (including phenoxy) is 1. The van der Waals surface area contributed by atoms with Gasteiger partial charge >= 0.3 is 5.97 Å². The predicted octanol–water partition coefficient (Wildman–Crippen LogP) is 4.42. The Morgan fingerprint density at radius 1 is 1.10 bits per heavy atom. The van der Waals surface area contributed by atoms with Gasteiger partial charge in [0.2, 0.25) is 0 Å². The van der Waals surface area contributed by atoms with Crippen LogP contribution in [0.25, 0.3) is 11.8 Å². The number of carbonyl (C=O) groups excluding carboxylic acids is 1. The standard InChI is InChI=1S/C30H28N4O5S/c1-6-39-29(36)26-19(4)31-30-33(27(26)21-9-7-17(2)8-10-21)28(35)25(40-30)16-22-15-18(3)32(20(22)5)23-11-13-24(14-12-23)34(37)38/h7-16,27H,6H2,1-5H3/b25-16-/t27-/m0/s1. The molecule has 3 heterocycles. The summed E-state index contributed by atoms with van der Waals surface area (Å²) in [5, 5.41) is 11.1. The van der Waals surface area contributed by atoms with Gasteiger partial charge in [-0.15, -0.1) is 0 Å². The molecule has 0 spiro atoms. The number of rotatable bonds is 6. The van der Waals surface area contributed by atoms with E-state index in [0.29, 0.717) is 20.6 Å². The first-order chi connectivity index (χ1) is 19.1. The van der Waals surface area contributed by atoms with Crippen molar-refractivity contribution in [1.29, 1.82) is 0 Å². The van der Waals surface area contributed by atoms with Crippen LogP contribution < -0.4 is 14.9 Å². The SMILES string of the molecule is CCOC(=O)C1=C(C)N=c2s/c(=C\c3cc(C)n(-c4ccc([N+](=O)[O-])cc4)c3C)c(=O)n2[C@H]1c1ccc(C)cc1. The molecule has 10 heteroatoms. The monoisotopic (exact) mass is 556 g/mol. The number of aromatic nitrogens is 2. The number of hydrogen-bond acceptors (Lipinski definition) is 7. The third kappa shape index (κ3) is 4.71. The van der Waals surface area contributed by atoms with Crippen molar-refractivity contribution in [1.82, 2.24) is 9.13 Å². The molecule has 204 valence electrons. The molecule has 0 aliphatic carbocycles. The van der Waals surface area contributed by atoms with Crippen molar-refractivity contribution in [3.8, 4) is 5.69 Å². The van der Waals surface area contributed by atoms with Crippen molar-refractivity contribution in [2.45, 2.75) is 40.7 Å². The number of nitrogens with zero attached hydrogens (tertiary/aromatic N) is 4. The van der Waals surface area contributed by atoms with Gasteiger partial charge in [-0.1, -0.05) is 41.2 Å².